The van der Waals surface area contributed by atoms with Gasteiger partial charge in [0.05, 0.1) is 11.2 Å². The quantitative estimate of drug-likeness (QED) is 0.832. The molecule has 0 unspecified atom stereocenters. The van der Waals surface area contributed by atoms with Crippen LogP contribution in [-0.4, -0.2) is 52.9 Å². The zero-order chi connectivity index (χ0) is 13.4. The van der Waals surface area contributed by atoms with Crippen molar-refractivity contribution in [1.82, 2.24) is 14.8 Å². The highest BCUT2D eigenvalue weighted by atomic mass is 32.1. The number of hydrogen-bond acceptors (Lipinski definition) is 4. The number of aromatic nitrogens is 1. The molecule has 0 saturated carbocycles. The standard InChI is InChI=1S/C14H21N3OS/c1-10-15-9-13(19-10)14(18)17-8-4-6-12(17)11-5-3-7-16(11)2/h9,11-12H,3-8H2,1-2H3/t11-,12+/m0/s1. The Morgan fingerprint density at radius 1 is 1.32 bits per heavy atom. The minimum absolute atomic E-state index is 0.188. The molecule has 2 saturated heterocycles. The van der Waals surface area contributed by atoms with Crippen LogP contribution in [0, 0.1) is 6.92 Å². The maximum atomic E-state index is 12.6. The highest BCUT2D eigenvalue weighted by molar-refractivity contribution is 7.13. The van der Waals surface area contributed by atoms with Crippen molar-refractivity contribution in [3.63, 3.8) is 0 Å². The van der Waals surface area contributed by atoms with Gasteiger partial charge in [0, 0.05) is 18.6 Å². The van der Waals surface area contributed by atoms with Crippen LogP contribution in [0.25, 0.3) is 0 Å². The zero-order valence-electron chi connectivity index (χ0n) is 11.6. The molecule has 19 heavy (non-hydrogen) atoms. The minimum Gasteiger partial charge on any atom is -0.333 e. The normalized spacial score (nSPS) is 28.2. The summed E-state index contributed by atoms with van der Waals surface area (Å²) >= 11 is 1.51. The Morgan fingerprint density at radius 3 is 2.68 bits per heavy atom. The molecule has 3 heterocycles. The predicted octanol–water partition coefficient (Wildman–Crippen LogP) is 2.15. The van der Waals surface area contributed by atoms with Gasteiger partial charge >= 0.3 is 0 Å². The average Bonchev–Trinajstić information content (AvgIpc) is 3.07. The van der Waals surface area contributed by atoms with Gasteiger partial charge in [-0.05, 0) is 46.2 Å². The van der Waals surface area contributed by atoms with Crippen molar-refractivity contribution in [2.24, 2.45) is 0 Å². The Morgan fingerprint density at radius 2 is 2.05 bits per heavy atom. The third kappa shape index (κ3) is 2.41. The molecule has 0 spiro atoms. The van der Waals surface area contributed by atoms with E-state index in [1.54, 1.807) is 6.20 Å². The molecule has 2 aliphatic heterocycles. The van der Waals surface area contributed by atoms with E-state index in [1.165, 1.54) is 30.7 Å². The van der Waals surface area contributed by atoms with Crippen LogP contribution in [0.3, 0.4) is 0 Å². The Kier molecular flexibility index (Phi) is 3.58. The summed E-state index contributed by atoms with van der Waals surface area (Å²) < 4.78 is 0. The Hall–Kier alpha value is -0.940. The van der Waals surface area contributed by atoms with Crippen molar-refractivity contribution in [3.8, 4) is 0 Å². The lowest BCUT2D eigenvalue weighted by Crippen LogP contribution is -2.46. The Bertz CT molecular complexity index is 473. The van der Waals surface area contributed by atoms with Gasteiger partial charge in [-0.3, -0.25) is 4.79 Å². The fourth-order valence-corrected chi connectivity index (χ4v) is 4.20. The number of thiazole rings is 1. The van der Waals surface area contributed by atoms with Crippen molar-refractivity contribution in [2.75, 3.05) is 20.1 Å². The van der Waals surface area contributed by atoms with Crippen molar-refractivity contribution >= 4 is 17.2 Å². The lowest BCUT2D eigenvalue weighted by atomic mass is 10.0. The molecule has 1 amide bonds. The summed E-state index contributed by atoms with van der Waals surface area (Å²) in [7, 11) is 2.19. The van der Waals surface area contributed by atoms with Crippen LogP contribution in [0.15, 0.2) is 6.20 Å². The topological polar surface area (TPSA) is 36.4 Å². The second kappa shape index (κ2) is 5.21. The van der Waals surface area contributed by atoms with Gasteiger partial charge in [0.25, 0.3) is 5.91 Å². The van der Waals surface area contributed by atoms with Crippen molar-refractivity contribution < 1.29 is 4.79 Å². The summed E-state index contributed by atoms with van der Waals surface area (Å²) in [6, 6.07) is 0.961. The Labute approximate surface area is 118 Å². The third-order valence-electron chi connectivity index (χ3n) is 4.41. The van der Waals surface area contributed by atoms with Gasteiger partial charge in [-0.25, -0.2) is 4.98 Å². The van der Waals surface area contributed by atoms with Gasteiger partial charge < -0.3 is 9.80 Å². The molecule has 5 heteroatoms. The van der Waals surface area contributed by atoms with Crippen LogP contribution >= 0.6 is 11.3 Å². The van der Waals surface area contributed by atoms with Gasteiger partial charge in [-0.2, -0.15) is 0 Å². The smallest absolute Gasteiger partial charge is 0.265 e. The molecule has 2 fully saturated rings. The highest BCUT2D eigenvalue weighted by Crippen LogP contribution is 2.30. The van der Waals surface area contributed by atoms with E-state index in [1.807, 2.05) is 6.92 Å². The number of aryl methyl sites for hydroxylation is 1. The molecular weight excluding hydrogens is 258 g/mol. The van der Waals surface area contributed by atoms with E-state index in [0.717, 1.165) is 29.3 Å². The summed E-state index contributed by atoms with van der Waals surface area (Å²) in [5.74, 6) is 0.188. The molecule has 0 aliphatic carbocycles. The summed E-state index contributed by atoms with van der Waals surface area (Å²) in [5.41, 5.74) is 0. The SMILES string of the molecule is Cc1ncc(C(=O)N2CCC[C@@H]2[C@@H]2CCCN2C)s1. The summed E-state index contributed by atoms with van der Waals surface area (Å²) in [5, 5.41) is 0.970. The van der Waals surface area contributed by atoms with Gasteiger partial charge in [-0.1, -0.05) is 0 Å². The number of rotatable bonds is 2. The zero-order valence-corrected chi connectivity index (χ0v) is 12.4. The molecule has 2 aliphatic rings. The summed E-state index contributed by atoms with van der Waals surface area (Å²) in [6.07, 6.45) is 6.51. The van der Waals surface area contributed by atoms with Crippen molar-refractivity contribution in [2.45, 2.75) is 44.7 Å². The van der Waals surface area contributed by atoms with Crippen LogP contribution in [-0.2, 0) is 0 Å². The van der Waals surface area contributed by atoms with Gasteiger partial charge in [0.1, 0.15) is 4.88 Å². The van der Waals surface area contributed by atoms with Crippen LogP contribution in [0.4, 0.5) is 0 Å². The molecule has 0 N–H and O–H groups in total. The fraction of sp³-hybridized carbons (Fsp3) is 0.714. The molecule has 1 aromatic heterocycles. The second-order valence-corrected chi connectivity index (χ2v) is 6.88. The predicted molar refractivity (Wildman–Crippen MR) is 76.6 cm³/mol. The first kappa shape index (κ1) is 13.1. The number of likely N-dealkylation sites (N-methyl/N-ethyl adjacent to an activating group) is 1. The molecular formula is C14H21N3OS. The molecule has 1 aromatic rings. The maximum absolute atomic E-state index is 12.6. The lowest BCUT2D eigenvalue weighted by Gasteiger charge is -2.33. The van der Waals surface area contributed by atoms with Crippen LogP contribution in [0.1, 0.15) is 40.4 Å². The fourth-order valence-electron chi connectivity index (χ4n) is 3.47. The minimum atomic E-state index is 0.188. The molecule has 0 aromatic carbocycles. The molecule has 104 valence electrons. The summed E-state index contributed by atoms with van der Waals surface area (Å²) in [4.78, 5) is 22.1. The highest BCUT2D eigenvalue weighted by Gasteiger charge is 2.38. The number of hydrogen-bond donors (Lipinski definition) is 0. The lowest BCUT2D eigenvalue weighted by molar-refractivity contribution is 0.0669. The first-order chi connectivity index (χ1) is 9.16. The molecule has 0 bridgehead atoms. The molecule has 0 radical (unpaired) electrons. The number of nitrogens with zero attached hydrogens (tertiary/aromatic N) is 3. The van der Waals surface area contributed by atoms with E-state index >= 15 is 0 Å². The van der Waals surface area contributed by atoms with E-state index in [4.69, 9.17) is 0 Å². The van der Waals surface area contributed by atoms with Crippen molar-refractivity contribution in [3.05, 3.63) is 16.1 Å². The van der Waals surface area contributed by atoms with E-state index in [2.05, 4.69) is 21.8 Å². The number of likely N-dealkylation sites (tertiary alicyclic amines) is 2. The molecule has 2 atom stereocenters. The van der Waals surface area contributed by atoms with E-state index in [-0.39, 0.29) is 5.91 Å². The van der Waals surface area contributed by atoms with Gasteiger partial charge in [0.15, 0.2) is 0 Å². The average molecular weight is 279 g/mol. The van der Waals surface area contributed by atoms with Crippen LogP contribution in [0.2, 0.25) is 0 Å². The summed E-state index contributed by atoms with van der Waals surface area (Å²) in [6.45, 7) is 4.03. The van der Waals surface area contributed by atoms with E-state index < -0.39 is 0 Å². The number of carbonyl (C=O) groups excluding carboxylic acids is 1. The number of carbonyl (C=O) groups is 1. The maximum Gasteiger partial charge on any atom is 0.265 e. The third-order valence-corrected chi connectivity index (χ3v) is 5.31. The number of amides is 1. The van der Waals surface area contributed by atoms with Crippen LogP contribution in [0.5, 0.6) is 0 Å². The van der Waals surface area contributed by atoms with E-state index in [0.29, 0.717) is 12.1 Å². The Balaban J connectivity index is 1.77. The monoisotopic (exact) mass is 279 g/mol. The van der Waals surface area contributed by atoms with Crippen LogP contribution < -0.4 is 0 Å². The molecule has 3 rings (SSSR count). The van der Waals surface area contributed by atoms with Gasteiger partial charge in [-0.15, -0.1) is 11.3 Å². The van der Waals surface area contributed by atoms with Gasteiger partial charge in [0.2, 0.25) is 0 Å². The second-order valence-electron chi connectivity index (χ2n) is 5.64. The first-order valence-corrected chi connectivity index (χ1v) is 7.92. The molecule has 4 nitrogen and oxygen atoms in total. The van der Waals surface area contributed by atoms with E-state index in [9.17, 15) is 4.79 Å². The largest absolute Gasteiger partial charge is 0.333 e. The first-order valence-electron chi connectivity index (χ1n) is 7.10. The van der Waals surface area contributed by atoms with Crippen molar-refractivity contribution in [1.29, 1.82) is 0 Å².